The first kappa shape index (κ1) is 60.9. The molecule has 0 rings (SSSR count). The van der Waals surface area contributed by atoms with E-state index in [0.717, 1.165) is 57.8 Å². The van der Waals surface area contributed by atoms with Crippen LogP contribution in [0.4, 0.5) is 0 Å². The van der Waals surface area contributed by atoms with E-state index in [1.165, 1.54) is 193 Å². The number of amides is 1. The number of esters is 2. The molecule has 0 aromatic carbocycles. The Morgan fingerprint density at radius 3 is 1.02 bits per heavy atom. The number of aliphatic carboxylic acids is 1. The number of carboxylic acid groups (broad SMARTS) is 1. The van der Waals surface area contributed by atoms with Crippen molar-refractivity contribution in [1.29, 1.82) is 0 Å². The molecule has 2 atom stereocenters. The Bertz CT molecular complexity index is 1020. The third kappa shape index (κ3) is 46.2. The van der Waals surface area contributed by atoms with Crippen LogP contribution in [-0.2, 0) is 28.7 Å². The number of hydrogen-bond donors (Lipinski definition) is 2. The monoisotopic (exact) mass is 892 g/mol. The first-order chi connectivity index (χ1) is 30.8. The molecule has 0 saturated carbocycles. The van der Waals surface area contributed by atoms with Crippen molar-refractivity contribution in [3.8, 4) is 0 Å². The quantitative estimate of drug-likeness (QED) is 0.0461. The van der Waals surface area contributed by atoms with Gasteiger partial charge in [-0.05, 0) is 38.5 Å². The van der Waals surface area contributed by atoms with Crippen LogP contribution < -0.4 is 5.32 Å². The van der Waals surface area contributed by atoms with Gasteiger partial charge in [0.25, 0.3) is 0 Å². The maximum absolute atomic E-state index is 12.9. The highest BCUT2D eigenvalue weighted by atomic mass is 16.6. The highest BCUT2D eigenvalue weighted by Gasteiger charge is 2.22. The van der Waals surface area contributed by atoms with E-state index in [2.05, 4.69) is 26.1 Å². The highest BCUT2D eigenvalue weighted by molar-refractivity contribution is 5.83. The average Bonchev–Trinajstić information content (AvgIpc) is 3.27. The van der Waals surface area contributed by atoms with Crippen LogP contribution in [0, 0.1) is 0 Å². The minimum absolute atomic E-state index is 0.0230. The Labute approximate surface area is 390 Å². The Hall–Kier alpha value is -2.12. The molecule has 0 aromatic heterocycles. The summed E-state index contributed by atoms with van der Waals surface area (Å²) in [6.07, 6.45) is 49.5. The zero-order chi connectivity index (χ0) is 46.1. The van der Waals surface area contributed by atoms with Crippen molar-refractivity contribution in [1.82, 2.24) is 5.32 Å². The highest BCUT2D eigenvalue weighted by Crippen LogP contribution is 2.18. The van der Waals surface area contributed by atoms with Gasteiger partial charge in [0.1, 0.15) is 18.8 Å². The van der Waals surface area contributed by atoms with E-state index in [4.69, 9.17) is 9.47 Å². The van der Waals surface area contributed by atoms with E-state index < -0.39 is 18.1 Å². The normalized spacial score (nSPS) is 12.3. The smallest absolute Gasteiger partial charge is 0.326 e. The van der Waals surface area contributed by atoms with Crippen molar-refractivity contribution >= 4 is 23.8 Å². The minimum Gasteiger partial charge on any atom is -0.480 e. The third-order valence-electron chi connectivity index (χ3n) is 12.9. The molecule has 1 amide bonds. The molecule has 0 aromatic rings. The van der Waals surface area contributed by atoms with E-state index >= 15 is 0 Å². The van der Waals surface area contributed by atoms with Gasteiger partial charge < -0.3 is 19.9 Å². The van der Waals surface area contributed by atoms with Crippen molar-refractivity contribution in [2.45, 2.75) is 322 Å². The Morgan fingerprint density at radius 2 is 0.683 bits per heavy atom. The second-order valence-corrected chi connectivity index (χ2v) is 19.2. The fraction of sp³-hybridized carbons (Fsp3) is 0.927. The zero-order valence-electron chi connectivity index (χ0n) is 42.1. The summed E-state index contributed by atoms with van der Waals surface area (Å²) in [5.74, 6) is -1.86. The second-order valence-electron chi connectivity index (χ2n) is 19.2. The van der Waals surface area contributed by atoms with Gasteiger partial charge in [0, 0.05) is 19.3 Å². The summed E-state index contributed by atoms with van der Waals surface area (Å²) in [6, 6.07) is -1.00. The summed E-state index contributed by atoms with van der Waals surface area (Å²) in [4.78, 5) is 50.4. The lowest BCUT2D eigenvalue weighted by molar-refractivity contribution is -0.159. The van der Waals surface area contributed by atoms with Crippen molar-refractivity contribution in [2.24, 2.45) is 0 Å². The van der Waals surface area contributed by atoms with Crippen LogP contribution in [0.2, 0.25) is 0 Å². The summed E-state index contributed by atoms with van der Waals surface area (Å²) in [6.45, 7) is 6.75. The number of hydrogen-bond acceptors (Lipinski definition) is 6. The molecule has 372 valence electrons. The fourth-order valence-electron chi connectivity index (χ4n) is 8.63. The molecule has 63 heavy (non-hydrogen) atoms. The fourth-order valence-corrected chi connectivity index (χ4v) is 8.63. The maximum Gasteiger partial charge on any atom is 0.326 e. The standard InChI is InChI=1S/C55H105NO7/c1-4-7-10-13-16-19-22-25-28-31-34-37-40-46-52(57)56-51(55(60)61)45-43-44-50(63-54(59)48-42-39-36-33-30-27-24-21-18-15-12-9-6-3)49-62-53(58)47-41-38-35-32-29-26-23-20-17-14-11-8-5-2/h50-51H,4-49H2,1-3H3,(H,56,57)(H,60,61)/t50-,51-/m0/s1. The van der Waals surface area contributed by atoms with E-state index in [1.54, 1.807) is 0 Å². The molecular formula is C55H105NO7. The van der Waals surface area contributed by atoms with Gasteiger partial charge in [-0.3, -0.25) is 14.4 Å². The molecule has 0 aliphatic carbocycles. The van der Waals surface area contributed by atoms with Gasteiger partial charge in [-0.25, -0.2) is 4.79 Å². The van der Waals surface area contributed by atoms with Gasteiger partial charge in [-0.15, -0.1) is 0 Å². The third-order valence-corrected chi connectivity index (χ3v) is 12.9. The van der Waals surface area contributed by atoms with Gasteiger partial charge >= 0.3 is 17.9 Å². The van der Waals surface area contributed by atoms with Crippen molar-refractivity contribution in [3.05, 3.63) is 0 Å². The number of nitrogens with one attached hydrogen (secondary N) is 1. The largest absolute Gasteiger partial charge is 0.480 e. The lowest BCUT2D eigenvalue weighted by Gasteiger charge is -2.20. The number of carbonyl (C=O) groups is 4. The summed E-state index contributed by atoms with van der Waals surface area (Å²) >= 11 is 0. The molecule has 0 radical (unpaired) electrons. The molecule has 0 aliphatic rings. The molecular weight excluding hydrogens is 787 g/mol. The van der Waals surface area contributed by atoms with Crippen LogP contribution >= 0.6 is 0 Å². The SMILES string of the molecule is CCCCCCCCCCCCCCCC(=O)N[C@@H](CCC[C@@H](COC(=O)CCCCCCCCCCCCCCC)OC(=O)CCCCCCCCCCCCCCC)C(=O)O. The van der Waals surface area contributed by atoms with Crippen molar-refractivity contribution in [3.63, 3.8) is 0 Å². The number of carbonyl (C=O) groups excluding carboxylic acids is 3. The van der Waals surface area contributed by atoms with E-state index in [1.807, 2.05) is 0 Å². The lowest BCUT2D eigenvalue weighted by atomic mass is 10.0. The van der Waals surface area contributed by atoms with Gasteiger partial charge in [-0.1, -0.05) is 252 Å². The van der Waals surface area contributed by atoms with Crippen LogP contribution in [-0.4, -0.2) is 47.7 Å². The molecule has 2 N–H and O–H groups in total. The second kappa shape index (κ2) is 49.3. The van der Waals surface area contributed by atoms with E-state index in [0.29, 0.717) is 32.1 Å². The summed E-state index contributed by atoms with van der Waals surface area (Å²) in [5.41, 5.74) is 0. The molecule has 8 heteroatoms. The number of unbranched alkanes of at least 4 members (excludes halogenated alkanes) is 36. The zero-order valence-corrected chi connectivity index (χ0v) is 42.1. The predicted molar refractivity (Wildman–Crippen MR) is 265 cm³/mol. The lowest BCUT2D eigenvalue weighted by Crippen LogP contribution is -2.40. The molecule has 0 aliphatic heterocycles. The first-order valence-corrected chi connectivity index (χ1v) is 27.7. The topological polar surface area (TPSA) is 119 Å². The number of ether oxygens (including phenoxy) is 2. The summed E-state index contributed by atoms with van der Waals surface area (Å²) in [7, 11) is 0. The van der Waals surface area contributed by atoms with Gasteiger partial charge in [0.2, 0.25) is 5.91 Å². The van der Waals surface area contributed by atoms with Crippen molar-refractivity contribution in [2.75, 3.05) is 6.61 Å². The molecule has 0 heterocycles. The molecule has 8 nitrogen and oxygen atoms in total. The number of carboxylic acids is 1. The van der Waals surface area contributed by atoms with E-state index in [-0.39, 0.29) is 30.9 Å². The van der Waals surface area contributed by atoms with Gasteiger partial charge in [-0.2, -0.15) is 0 Å². The van der Waals surface area contributed by atoms with E-state index in [9.17, 15) is 24.3 Å². The minimum atomic E-state index is -1.06. The van der Waals surface area contributed by atoms with Crippen LogP contribution in [0.25, 0.3) is 0 Å². The predicted octanol–water partition coefficient (Wildman–Crippen LogP) is 16.6. The molecule has 0 bridgehead atoms. The summed E-state index contributed by atoms with van der Waals surface area (Å²) < 4.78 is 11.4. The van der Waals surface area contributed by atoms with Crippen molar-refractivity contribution < 1.29 is 33.8 Å². The Kier molecular flexibility index (Phi) is 47.7. The number of rotatable bonds is 51. The van der Waals surface area contributed by atoms with Crippen LogP contribution in [0.5, 0.6) is 0 Å². The Balaban J connectivity index is 4.59. The first-order valence-electron chi connectivity index (χ1n) is 27.7. The molecule has 0 saturated heterocycles. The summed E-state index contributed by atoms with van der Waals surface area (Å²) in [5, 5.41) is 12.6. The molecule has 0 fully saturated rings. The van der Waals surface area contributed by atoms with Crippen LogP contribution in [0.15, 0.2) is 0 Å². The van der Waals surface area contributed by atoms with Crippen LogP contribution in [0.3, 0.4) is 0 Å². The Morgan fingerprint density at radius 1 is 0.381 bits per heavy atom. The average molecular weight is 892 g/mol. The maximum atomic E-state index is 12.9. The van der Waals surface area contributed by atoms with Gasteiger partial charge in [0.05, 0.1) is 0 Å². The van der Waals surface area contributed by atoms with Crippen LogP contribution in [0.1, 0.15) is 310 Å². The molecule has 0 spiro atoms. The van der Waals surface area contributed by atoms with Gasteiger partial charge in [0.15, 0.2) is 0 Å². The molecule has 0 unspecified atom stereocenters.